The molecule has 1 saturated heterocycles. The Morgan fingerprint density at radius 3 is 2.32 bits per heavy atom. The lowest BCUT2D eigenvalue weighted by Gasteiger charge is -2.39. The zero-order chi connectivity index (χ0) is 13.8. The molecule has 19 heavy (non-hydrogen) atoms. The van der Waals surface area contributed by atoms with Crippen LogP contribution in [0.5, 0.6) is 0 Å². The van der Waals surface area contributed by atoms with E-state index in [2.05, 4.69) is 4.90 Å². The Hall–Kier alpha value is -0.120. The van der Waals surface area contributed by atoms with Crippen molar-refractivity contribution in [1.29, 1.82) is 0 Å². The van der Waals surface area contributed by atoms with E-state index in [0.717, 1.165) is 31.2 Å². The van der Waals surface area contributed by atoms with Crippen molar-refractivity contribution in [3.8, 4) is 0 Å². The lowest BCUT2D eigenvalue weighted by Crippen LogP contribution is -2.41. The smallest absolute Gasteiger partial charge is 0.0767 e. The highest BCUT2D eigenvalue weighted by Gasteiger charge is 2.36. The Bertz CT molecular complexity index is 260. The summed E-state index contributed by atoms with van der Waals surface area (Å²) >= 11 is 0. The standard InChI is InChI=1S/C16H32N2O/c1-2-16(19,14-17)8-5-11-18-12-9-15(10-13-18)6-3-4-7-15/h19H,2-14,17H2,1H3. The van der Waals surface area contributed by atoms with E-state index in [1.54, 1.807) is 0 Å². The third-order valence-electron chi connectivity index (χ3n) is 5.74. The lowest BCUT2D eigenvalue weighted by molar-refractivity contribution is 0.0284. The molecule has 1 unspecified atom stereocenters. The molecule has 0 aromatic heterocycles. The molecule has 3 N–H and O–H groups in total. The second-order valence-electron chi connectivity index (χ2n) is 6.93. The van der Waals surface area contributed by atoms with E-state index >= 15 is 0 Å². The largest absolute Gasteiger partial charge is 0.389 e. The average Bonchev–Trinajstić information content (AvgIpc) is 2.89. The number of hydrogen-bond donors (Lipinski definition) is 2. The minimum Gasteiger partial charge on any atom is -0.389 e. The SMILES string of the molecule is CCC(O)(CN)CCCN1CCC2(CCCC2)CC1. The number of nitrogens with zero attached hydrogens (tertiary/aromatic N) is 1. The molecule has 3 heteroatoms. The molecule has 2 fully saturated rings. The van der Waals surface area contributed by atoms with Crippen molar-refractivity contribution in [2.45, 2.75) is 70.3 Å². The quantitative estimate of drug-likeness (QED) is 0.778. The molecule has 0 bridgehead atoms. The summed E-state index contributed by atoms with van der Waals surface area (Å²) in [6, 6.07) is 0. The number of likely N-dealkylation sites (tertiary alicyclic amines) is 1. The summed E-state index contributed by atoms with van der Waals surface area (Å²) in [7, 11) is 0. The number of piperidine rings is 1. The fourth-order valence-corrected chi connectivity index (χ4v) is 3.93. The van der Waals surface area contributed by atoms with Crippen molar-refractivity contribution in [2.75, 3.05) is 26.2 Å². The number of nitrogens with two attached hydrogens (primary N) is 1. The van der Waals surface area contributed by atoms with Gasteiger partial charge in [0.05, 0.1) is 5.60 Å². The summed E-state index contributed by atoms with van der Waals surface area (Å²) < 4.78 is 0. The van der Waals surface area contributed by atoms with Gasteiger partial charge in [-0.15, -0.1) is 0 Å². The average molecular weight is 268 g/mol. The fraction of sp³-hybridized carbons (Fsp3) is 1.00. The van der Waals surface area contributed by atoms with Crippen LogP contribution in [0.3, 0.4) is 0 Å². The number of aliphatic hydroxyl groups is 1. The summed E-state index contributed by atoms with van der Waals surface area (Å²) in [5.41, 5.74) is 5.75. The van der Waals surface area contributed by atoms with E-state index < -0.39 is 5.60 Å². The molecule has 0 aromatic carbocycles. The van der Waals surface area contributed by atoms with Crippen LogP contribution in [-0.2, 0) is 0 Å². The maximum atomic E-state index is 10.2. The van der Waals surface area contributed by atoms with Gasteiger partial charge in [0.25, 0.3) is 0 Å². The van der Waals surface area contributed by atoms with Gasteiger partial charge in [0, 0.05) is 6.54 Å². The predicted octanol–water partition coefficient (Wildman–Crippen LogP) is 2.52. The molecule has 112 valence electrons. The molecule has 3 nitrogen and oxygen atoms in total. The third-order valence-corrected chi connectivity index (χ3v) is 5.74. The van der Waals surface area contributed by atoms with Crippen LogP contribution in [0.15, 0.2) is 0 Å². The zero-order valence-corrected chi connectivity index (χ0v) is 12.7. The Labute approximate surface area is 118 Å². The fourth-order valence-electron chi connectivity index (χ4n) is 3.93. The topological polar surface area (TPSA) is 49.5 Å². The van der Waals surface area contributed by atoms with Crippen LogP contribution in [0.1, 0.15) is 64.7 Å². The van der Waals surface area contributed by atoms with Gasteiger partial charge in [-0.25, -0.2) is 0 Å². The molecule has 2 aliphatic rings. The molecule has 1 atom stereocenters. The van der Waals surface area contributed by atoms with Gasteiger partial charge in [0.1, 0.15) is 0 Å². The predicted molar refractivity (Wildman–Crippen MR) is 80.1 cm³/mol. The van der Waals surface area contributed by atoms with Crippen molar-refractivity contribution in [1.82, 2.24) is 4.90 Å². The first-order chi connectivity index (χ1) is 9.11. The van der Waals surface area contributed by atoms with Crippen LogP contribution in [0, 0.1) is 5.41 Å². The normalized spacial score (nSPS) is 26.7. The van der Waals surface area contributed by atoms with Gasteiger partial charge in [-0.1, -0.05) is 19.8 Å². The van der Waals surface area contributed by atoms with Crippen molar-refractivity contribution < 1.29 is 5.11 Å². The summed E-state index contributed by atoms with van der Waals surface area (Å²) in [5, 5.41) is 10.2. The van der Waals surface area contributed by atoms with Crippen molar-refractivity contribution in [3.05, 3.63) is 0 Å². The second-order valence-corrected chi connectivity index (χ2v) is 6.93. The van der Waals surface area contributed by atoms with Gasteiger partial charge in [-0.2, -0.15) is 0 Å². The molecule has 1 spiro atoms. The first kappa shape index (κ1) is 15.3. The lowest BCUT2D eigenvalue weighted by atomic mass is 9.77. The first-order valence-corrected chi connectivity index (χ1v) is 8.26. The highest BCUT2D eigenvalue weighted by Crippen LogP contribution is 2.46. The molecule has 1 aliphatic heterocycles. The minimum atomic E-state index is -0.623. The Kier molecular flexibility index (Phi) is 5.27. The van der Waals surface area contributed by atoms with E-state index in [-0.39, 0.29) is 0 Å². The molecule has 1 saturated carbocycles. The van der Waals surface area contributed by atoms with Gasteiger partial charge in [0.15, 0.2) is 0 Å². The van der Waals surface area contributed by atoms with Crippen LogP contribution < -0.4 is 5.73 Å². The highest BCUT2D eigenvalue weighted by atomic mass is 16.3. The molecule has 0 amide bonds. The molecular formula is C16H32N2O. The van der Waals surface area contributed by atoms with Crippen LogP contribution in [0.2, 0.25) is 0 Å². The van der Waals surface area contributed by atoms with E-state index in [0.29, 0.717) is 6.54 Å². The van der Waals surface area contributed by atoms with Crippen LogP contribution >= 0.6 is 0 Å². The molecular weight excluding hydrogens is 236 g/mol. The Morgan fingerprint density at radius 1 is 1.16 bits per heavy atom. The van der Waals surface area contributed by atoms with Crippen LogP contribution in [-0.4, -0.2) is 41.8 Å². The maximum Gasteiger partial charge on any atom is 0.0767 e. The maximum absolute atomic E-state index is 10.2. The molecule has 0 radical (unpaired) electrons. The minimum absolute atomic E-state index is 0.395. The molecule has 2 rings (SSSR count). The highest BCUT2D eigenvalue weighted by molar-refractivity contribution is 4.89. The van der Waals surface area contributed by atoms with Crippen LogP contribution in [0.4, 0.5) is 0 Å². The van der Waals surface area contributed by atoms with E-state index in [1.165, 1.54) is 51.6 Å². The van der Waals surface area contributed by atoms with Crippen LogP contribution in [0.25, 0.3) is 0 Å². The molecule has 0 aromatic rings. The summed E-state index contributed by atoms with van der Waals surface area (Å²) in [4.78, 5) is 2.59. The van der Waals surface area contributed by atoms with Crippen molar-refractivity contribution in [2.24, 2.45) is 11.1 Å². The monoisotopic (exact) mass is 268 g/mol. The van der Waals surface area contributed by atoms with E-state index in [4.69, 9.17) is 5.73 Å². The molecule has 1 heterocycles. The van der Waals surface area contributed by atoms with Gasteiger partial charge in [-0.3, -0.25) is 0 Å². The molecule has 1 aliphatic carbocycles. The van der Waals surface area contributed by atoms with Gasteiger partial charge < -0.3 is 15.7 Å². The van der Waals surface area contributed by atoms with E-state index in [9.17, 15) is 5.11 Å². The second kappa shape index (κ2) is 6.55. The zero-order valence-electron chi connectivity index (χ0n) is 12.7. The first-order valence-electron chi connectivity index (χ1n) is 8.26. The van der Waals surface area contributed by atoms with Gasteiger partial charge >= 0.3 is 0 Å². The third kappa shape index (κ3) is 3.93. The van der Waals surface area contributed by atoms with Gasteiger partial charge in [-0.05, 0) is 70.0 Å². The van der Waals surface area contributed by atoms with E-state index in [1.807, 2.05) is 6.92 Å². The Balaban J connectivity index is 1.66. The summed E-state index contributed by atoms with van der Waals surface area (Å²) in [5.74, 6) is 0. The number of hydrogen-bond acceptors (Lipinski definition) is 3. The summed E-state index contributed by atoms with van der Waals surface area (Å²) in [6.45, 7) is 6.10. The number of rotatable bonds is 6. The van der Waals surface area contributed by atoms with Crippen molar-refractivity contribution >= 4 is 0 Å². The van der Waals surface area contributed by atoms with Crippen molar-refractivity contribution in [3.63, 3.8) is 0 Å². The Morgan fingerprint density at radius 2 is 1.79 bits per heavy atom. The summed E-state index contributed by atoms with van der Waals surface area (Å²) in [6.07, 6.45) is 11.4. The van der Waals surface area contributed by atoms with Gasteiger partial charge in [0.2, 0.25) is 0 Å².